The summed E-state index contributed by atoms with van der Waals surface area (Å²) in [7, 11) is 1.12. The zero-order chi connectivity index (χ0) is 19.3. The van der Waals surface area contributed by atoms with Gasteiger partial charge in [0.25, 0.3) is 6.47 Å². The van der Waals surface area contributed by atoms with Crippen LogP contribution in [-0.4, -0.2) is 25.0 Å². The Hall–Kier alpha value is -1.86. The number of carbonyl (C=O) groups is 1. The third-order valence-corrected chi connectivity index (χ3v) is 7.16. The fourth-order valence-electron chi connectivity index (χ4n) is 2.32. The minimum atomic E-state index is -0.567. The minimum Gasteiger partial charge on any atom is -0.501 e. The summed E-state index contributed by atoms with van der Waals surface area (Å²) in [6.07, 6.45) is 17.5. The van der Waals surface area contributed by atoms with E-state index >= 15 is 0 Å². The number of allylic oxidation sites excluding steroid dienone is 6. The molecule has 0 aliphatic carbocycles. The van der Waals surface area contributed by atoms with Gasteiger partial charge in [0.15, 0.2) is 0 Å². The second-order valence-electron chi connectivity index (χ2n) is 5.90. The number of methoxy groups -OCH3 is 1. The normalized spacial score (nSPS) is 17.2. The van der Waals surface area contributed by atoms with Crippen LogP contribution in [0.3, 0.4) is 0 Å². The lowest BCUT2D eigenvalue weighted by atomic mass is 9.92. The molecule has 0 saturated carbocycles. The lowest BCUT2D eigenvalue weighted by Gasteiger charge is -2.25. The van der Waals surface area contributed by atoms with Crippen molar-refractivity contribution in [2.24, 2.45) is 5.92 Å². The van der Waals surface area contributed by atoms with Crippen molar-refractivity contribution in [2.75, 3.05) is 7.11 Å². The van der Waals surface area contributed by atoms with Gasteiger partial charge >= 0.3 is 0 Å². The molecule has 3 atom stereocenters. The zero-order valence-electron chi connectivity index (χ0n) is 16.2. The highest BCUT2D eigenvalue weighted by Gasteiger charge is 2.39. The van der Waals surface area contributed by atoms with Crippen molar-refractivity contribution in [2.45, 2.75) is 45.7 Å². The van der Waals surface area contributed by atoms with E-state index in [1.165, 1.54) is 0 Å². The van der Waals surface area contributed by atoms with Crippen molar-refractivity contribution >= 4 is 20.3 Å². The van der Waals surface area contributed by atoms with E-state index in [0.717, 1.165) is 18.6 Å². The Labute approximate surface area is 154 Å². The fraction of sp³-hybridized carbons (Fsp3) is 0.429. The van der Waals surface area contributed by atoms with Crippen molar-refractivity contribution in [1.82, 2.24) is 0 Å². The van der Waals surface area contributed by atoms with Crippen LogP contribution in [-0.2, 0) is 14.3 Å². The predicted molar refractivity (Wildman–Crippen MR) is 111 cm³/mol. The fourth-order valence-corrected chi connectivity index (χ4v) is 4.04. The van der Waals surface area contributed by atoms with Crippen LogP contribution in [0.4, 0.5) is 0 Å². The molecule has 0 radical (unpaired) electrons. The number of rotatable bonds is 12. The van der Waals surface area contributed by atoms with Gasteiger partial charge in [0.05, 0.1) is 19.2 Å². The highest BCUT2D eigenvalue weighted by Crippen LogP contribution is 2.48. The van der Waals surface area contributed by atoms with Gasteiger partial charge in [-0.15, -0.1) is 0 Å². The van der Waals surface area contributed by atoms with Gasteiger partial charge in [0.1, 0.15) is 24.3 Å². The molecule has 0 spiro atoms. The van der Waals surface area contributed by atoms with Gasteiger partial charge in [-0.2, -0.15) is 0 Å². The maximum Gasteiger partial charge on any atom is 0.298 e. The zero-order valence-corrected chi connectivity index (χ0v) is 17.1. The molecule has 0 N–H and O–H groups in total. The molecule has 0 amide bonds. The molecule has 0 rings (SSSR count). The first kappa shape index (κ1) is 23.1. The molecule has 0 fully saturated rings. The van der Waals surface area contributed by atoms with Crippen LogP contribution >= 0.6 is 7.55 Å². The van der Waals surface area contributed by atoms with Crippen LogP contribution in [0.15, 0.2) is 60.4 Å². The molecule has 138 valence electrons. The molecule has 4 heteroatoms. The van der Waals surface area contributed by atoms with E-state index in [1.807, 2.05) is 19.1 Å². The van der Waals surface area contributed by atoms with Crippen LogP contribution in [0, 0.1) is 5.92 Å². The van der Waals surface area contributed by atoms with Crippen molar-refractivity contribution in [3.8, 4) is 0 Å². The number of carbonyl (C=O) groups excluding carboxylic acids is 1. The van der Waals surface area contributed by atoms with Gasteiger partial charge in [0, 0.05) is 12.3 Å². The predicted octanol–water partition coefficient (Wildman–Crippen LogP) is 5.96. The molecule has 0 aliphatic heterocycles. The molecule has 3 nitrogen and oxygen atoms in total. The monoisotopic (exact) mass is 363 g/mol. The van der Waals surface area contributed by atoms with Crippen LogP contribution in [0.5, 0.6) is 0 Å². The topological polar surface area (TPSA) is 35.5 Å². The molecule has 0 heterocycles. The van der Waals surface area contributed by atoms with Crippen molar-refractivity contribution in [3.63, 3.8) is 0 Å². The Balaban J connectivity index is 5.19. The first-order valence-electron chi connectivity index (χ1n) is 8.46. The Bertz CT molecular complexity index is 570. The Morgan fingerprint density at radius 1 is 1.40 bits per heavy atom. The number of hydrogen-bond acceptors (Lipinski definition) is 3. The highest BCUT2D eigenvalue weighted by molar-refractivity contribution is 7.60. The second kappa shape index (κ2) is 12.5. The van der Waals surface area contributed by atoms with Crippen LogP contribution in [0.1, 0.15) is 40.5 Å². The largest absolute Gasteiger partial charge is 0.501 e. The van der Waals surface area contributed by atoms with Gasteiger partial charge in [0.2, 0.25) is 0 Å². The van der Waals surface area contributed by atoms with Gasteiger partial charge in [-0.05, 0) is 44.6 Å². The van der Waals surface area contributed by atoms with Crippen LogP contribution < -0.4 is 0 Å². The SMILES string of the molecule is C=C/C=C(\C=C/C(C)C(C)(CC)[P+](=C)/C=C\C/C(=C\C)OC)OC=O. The summed E-state index contributed by atoms with van der Waals surface area (Å²) in [6, 6.07) is 0. The maximum absolute atomic E-state index is 10.6. The Morgan fingerprint density at radius 2 is 2.08 bits per heavy atom. The lowest BCUT2D eigenvalue weighted by Crippen LogP contribution is -2.26. The van der Waals surface area contributed by atoms with E-state index in [9.17, 15) is 4.79 Å². The number of hydrogen-bond donors (Lipinski definition) is 0. The quantitative estimate of drug-likeness (QED) is 0.186. The van der Waals surface area contributed by atoms with Crippen molar-refractivity contribution < 1.29 is 14.3 Å². The molecule has 3 unspecified atom stereocenters. The van der Waals surface area contributed by atoms with Crippen LogP contribution in [0.25, 0.3) is 0 Å². The summed E-state index contributed by atoms with van der Waals surface area (Å²) in [4.78, 5) is 10.6. The molecule has 0 aliphatic rings. The van der Waals surface area contributed by atoms with E-state index < -0.39 is 7.55 Å². The molecule has 0 saturated heterocycles. The van der Waals surface area contributed by atoms with Gasteiger partial charge in [-0.25, -0.2) is 0 Å². The van der Waals surface area contributed by atoms with Crippen molar-refractivity contribution in [1.29, 1.82) is 0 Å². The number of ether oxygens (including phenoxy) is 2. The lowest BCUT2D eigenvalue weighted by molar-refractivity contribution is -0.124. The summed E-state index contributed by atoms with van der Waals surface area (Å²) >= 11 is 0. The van der Waals surface area contributed by atoms with E-state index in [1.54, 1.807) is 19.3 Å². The Morgan fingerprint density at radius 3 is 2.56 bits per heavy atom. The molecule has 0 bridgehead atoms. The smallest absolute Gasteiger partial charge is 0.298 e. The van der Waals surface area contributed by atoms with E-state index in [0.29, 0.717) is 12.2 Å². The molecule has 0 aromatic carbocycles. The molecule has 25 heavy (non-hydrogen) atoms. The second-order valence-corrected chi connectivity index (χ2v) is 8.15. The summed E-state index contributed by atoms with van der Waals surface area (Å²) in [6.45, 7) is 12.6. The highest BCUT2D eigenvalue weighted by atomic mass is 31.1. The van der Waals surface area contributed by atoms with Crippen LogP contribution in [0.2, 0.25) is 0 Å². The summed E-state index contributed by atoms with van der Waals surface area (Å²) in [5.41, 5.74) is 0. The first-order valence-corrected chi connectivity index (χ1v) is 10.1. The molecular formula is C21H32O3P+. The maximum atomic E-state index is 10.6. The third-order valence-electron chi connectivity index (χ3n) is 4.56. The summed E-state index contributed by atoms with van der Waals surface area (Å²) in [5.74, 6) is 3.93. The molecule has 0 aromatic rings. The Kier molecular flexibility index (Phi) is 11.6. The molecule has 0 aromatic heterocycles. The summed E-state index contributed by atoms with van der Waals surface area (Å²) < 4.78 is 10.2. The summed E-state index contributed by atoms with van der Waals surface area (Å²) in [5, 5.41) is 0.0476. The standard InChI is InChI=1S/C21H32O3P/c1-8-12-20(24-17-22)15-14-18(4)21(5,10-3)25(7)16-11-13-19(9-2)23-6/h8-9,11-12,14-18H,1,7,10,13H2,2-6H3/q+1/b15-14-,16-11-,19-9+,20-12+. The first-order chi connectivity index (χ1) is 11.9. The van der Waals surface area contributed by atoms with E-state index in [2.05, 4.69) is 51.6 Å². The van der Waals surface area contributed by atoms with Crippen molar-refractivity contribution in [3.05, 3.63) is 60.4 Å². The average molecular weight is 363 g/mol. The van der Waals surface area contributed by atoms with Gasteiger partial charge < -0.3 is 9.47 Å². The van der Waals surface area contributed by atoms with E-state index in [-0.39, 0.29) is 11.1 Å². The molecular weight excluding hydrogens is 331 g/mol. The van der Waals surface area contributed by atoms with Gasteiger partial charge in [-0.1, -0.05) is 32.6 Å². The average Bonchev–Trinajstić information content (AvgIpc) is 2.62. The minimum absolute atomic E-state index is 0.0476. The van der Waals surface area contributed by atoms with Gasteiger partial charge in [-0.3, -0.25) is 4.79 Å². The van der Waals surface area contributed by atoms with E-state index in [4.69, 9.17) is 9.47 Å². The third kappa shape index (κ3) is 7.70.